The number of amides is 1. The molecule has 2 aliphatic rings. The molecule has 40 heavy (non-hydrogen) atoms. The summed E-state index contributed by atoms with van der Waals surface area (Å²) in [5, 5.41) is 14.8. The summed E-state index contributed by atoms with van der Waals surface area (Å²) < 4.78 is 62.5. The van der Waals surface area contributed by atoms with Gasteiger partial charge in [0.05, 0.1) is 12.6 Å². The minimum Gasteiger partial charge on any atom is -0.463 e. The lowest BCUT2D eigenvalue weighted by Gasteiger charge is -2.21. The first kappa shape index (κ1) is 27.7. The van der Waals surface area contributed by atoms with Crippen molar-refractivity contribution < 1.29 is 27.1 Å². The van der Waals surface area contributed by atoms with Crippen molar-refractivity contribution in [1.82, 2.24) is 20.0 Å². The molecular weight excluding hydrogens is 526 g/mol. The molecular formula is C29H31F4N5O2. The number of carbonyl (C=O) groups is 1. The summed E-state index contributed by atoms with van der Waals surface area (Å²) in [4.78, 5) is 15.3. The monoisotopic (exact) mass is 557 g/mol. The fourth-order valence-corrected chi connectivity index (χ4v) is 4.95. The zero-order valence-corrected chi connectivity index (χ0v) is 22.5. The van der Waals surface area contributed by atoms with Crippen LogP contribution in [0.2, 0.25) is 0 Å². The Labute approximate surface area is 229 Å². The summed E-state index contributed by atoms with van der Waals surface area (Å²) >= 11 is 0. The third kappa shape index (κ3) is 5.83. The fourth-order valence-electron chi connectivity index (χ4n) is 4.95. The average Bonchev–Trinajstić information content (AvgIpc) is 3.48. The number of nitrogens with zero attached hydrogens (tertiary/aromatic N) is 3. The van der Waals surface area contributed by atoms with Crippen molar-refractivity contribution in [3.63, 3.8) is 0 Å². The Morgan fingerprint density at radius 3 is 2.55 bits per heavy atom. The van der Waals surface area contributed by atoms with E-state index in [-0.39, 0.29) is 53.1 Å². The van der Waals surface area contributed by atoms with Gasteiger partial charge in [-0.2, -0.15) is 18.3 Å². The number of halogens is 4. The van der Waals surface area contributed by atoms with E-state index in [0.717, 1.165) is 18.4 Å². The second kappa shape index (κ2) is 10.6. The summed E-state index contributed by atoms with van der Waals surface area (Å²) in [5.41, 5.74) is 1.05. The van der Waals surface area contributed by atoms with Gasteiger partial charge in [-0.1, -0.05) is 12.1 Å². The lowest BCUT2D eigenvalue weighted by Crippen LogP contribution is -2.30. The number of hydrogen-bond acceptors (Lipinski definition) is 4. The summed E-state index contributed by atoms with van der Waals surface area (Å²) in [7, 11) is 0. The minimum absolute atomic E-state index is 0.0273. The number of carbonyl (C=O) groups excluding carboxylic acids is 1. The molecule has 2 heterocycles. The molecule has 3 aromatic rings. The molecule has 5 rings (SSSR count). The highest BCUT2D eigenvalue weighted by Gasteiger charge is 2.38. The predicted octanol–water partition coefficient (Wildman–Crippen LogP) is 6.25. The standard InChI is InChI=1S/C29H31F4N5O2/c1-16(2)38-15-23(26(36-38)29(31,32)33)21-11-18(14-37-8-9-40-28(37)34)12-22(13-21)27(39)35-25(19-4-5-19)20-6-7-24(30)17(3)10-20/h6-7,10-13,15-16,19,25,34H,4-5,8-9,14H2,1-3H3,(H,35,39). The van der Waals surface area contributed by atoms with Crippen LogP contribution in [0.4, 0.5) is 17.6 Å². The molecule has 7 nitrogen and oxygen atoms in total. The van der Waals surface area contributed by atoms with Crippen LogP contribution in [-0.2, 0) is 17.5 Å². The predicted molar refractivity (Wildman–Crippen MR) is 141 cm³/mol. The molecule has 2 fully saturated rings. The number of aryl methyl sites for hydroxylation is 1. The number of amidine groups is 1. The first-order valence-electron chi connectivity index (χ1n) is 13.2. The van der Waals surface area contributed by atoms with Crippen LogP contribution in [-0.4, -0.2) is 39.8 Å². The van der Waals surface area contributed by atoms with E-state index in [1.165, 1.54) is 23.0 Å². The SMILES string of the molecule is Cc1cc(C(NC(=O)c2cc(CN3CCOC3=N)cc(-c3cn(C(C)C)nc3C(F)(F)F)c2)C2CC2)ccc1F. The van der Waals surface area contributed by atoms with Crippen LogP contribution in [0.25, 0.3) is 11.1 Å². The van der Waals surface area contributed by atoms with E-state index in [1.807, 2.05) is 0 Å². The van der Waals surface area contributed by atoms with E-state index >= 15 is 0 Å². The van der Waals surface area contributed by atoms with Gasteiger partial charge >= 0.3 is 6.18 Å². The van der Waals surface area contributed by atoms with Crippen LogP contribution >= 0.6 is 0 Å². The summed E-state index contributed by atoms with van der Waals surface area (Å²) in [6.07, 6.45) is -1.53. The van der Waals surface area contributed by atoms with Crippen molar-refractivity contribution >= 4 is 11.9 Å². The molecule has 1 amide bonds. The molecule has 1 atom stereocenters. The van der Waals surface area contributed by atoms with Gasteiger partial charge in [-0.05, 0) is 86.1 Å². The zero-order chi connectivity index (χ0) is 28.8. The maximum atomic E-state index is 14.0. The second-order valence-corrected chi connectivity index (χ2v) is 10.8. The van der Waals surface area contributed by atoms with Crippen molar-refractivity contribution in [1.29, 1.82) is 5.41 Å². The van der Waals surface area contributed by atoms with Gasteiger partial charge in [-0.25, -0.2) is 4.39 Å². The van der Waals surface area contributed by atoms with Crippen molar-refractivity contribution in [3.8, 4) is 11.1 Å². The molecule has 1 saturated heterocycles. The average molecular weight is 558 g/mol. The van der Waals surface area contributed by atoms with Crippen molar-refractivity contribution in [2.75, 3.05) is 13.2 Å². The number of benzene rings is 2. The van der Waals surface area contributed by atoms with Gasteiger partial charge in [0, 0.05) is 29.9 Å². The number of alkyl halides is 3. The Kier molecular flexibility index (Phi) is 7.32. The Morgan fingerprint density at radius 2 is 1.95 bits per heavy atom. The van der Waals surface area contributed by atoms with Gasteiger partial charge in [0.1, 0.15) is 12.4 Å². The number of rotatable bonds is 8. The van der Waals surface area contributed by atoms with Gasteiger partial charge in [0.2, 0.25) is 0 Å². The van der Waals surface area contributed by atoms with E-state index in [4.69, 9.17) is 10.1 Å². The van der Waals surface area contributed by atoms with Gasteiger partial charge in [0.25, 0.3) is 11.9 Å². The molecule has 1 unspecified atom stereocenters. The second-order valence-electron chi connectivity index (χ2n) is 10.8. The molecule has 11 heteroatoms. The van der Waals surface area contributed by atoms with Crippen molar-refractivity contribution in [2.45, 2.75) is 58.4 Å². The maximum Gasteiger partial charge on any atom is 0.435 e. The molecule has 0 bridgehead atoms. The summed E-state index contributed by atoms with van der Waals surface area (Å²) in [6, 6.07) is 8.74. The molecule has 2 N–H and O–H groups in total. The van der Waals surface area contributed by atoms with E-state index in [1.54, 1.807) is 49.9 Å². The van der Waals surface area contributed by atoms with Crippen LogP contribution in [0.5, 0.6) is 0 Å². The quantitative estimate of drug-likeness (QED) is 0.321. The highest BCUT2D eigenvalue weighted by atomic mass is 19.4. The van der Waals surface area contributed by atoms with Crippen LogP contribution in [0.15, 0.2) is 42.6 Å². The molecule has 1 aliphatic heterocycles. The lowest BCUT2D eigenvalue weighted by molar-refractivity contribution is -0.141. The number of hydrogen-bond donors (Lipinski definition) is 2. The highest BCUT2D eigenvalue weighted by Crippen LogP contribution is 2.42. The molecule has 1 aromatic heterocycles. The number of ether oxygens (including phenoxy) is 1. The van der Waals surface area contributed by atoms with Gasteiger partial charge in [0.15, 0.2) is 5.69 Å². The van der Waals surface area contributed by atoms with E-state index in [2.05, 4.69) is 10.4 Å². The van der Waals surface area contributed by atoms with Crippen molar-refractivity contribution in [2.24, 2.45) is 5.92 Å². The van der Waals surface area contributed by atoms with E-state index < -0.39 is 17.8 Å². The lowest BCUT2D eigenvalue weighted by atomic mass is 9.97. The van der Waals surface area contributed by atoms with Crippen molar-refractivity contribution in [3.05, 3.63) is 76.4 Å². The number of nitrogens with one attached hydrogen (secondary N) is 2. The molecule has 2 aromatic carbocycles. The third-order valence-corrected chi connectivity index (χ3v) is 7.28. The van der Waals surface area contributed by atoms with Gasteiger partial charge < -0.3 is 15.0 Å². The smallest absolute Gasteiger partial charge is 0.435 e. The molecule has 0 spiro atoms. The summed E-state index contributed by atoms with van der Waals surface area (Å²) in [5.74, 6) is -0.583. The number of aromatic nitrogens is 2. The molecule has 1 aliphatic carbocycles. The highest BCUT2D eigenvalue weighted by molar-refractivity contribution is 5.96. The van der Waals surface area contributed by atoms with E-state index in [0.29, 0.717) is 24.3 Å². The Morgan fingerprint density at radius 1 is 1.20 bits per heavy atom. The minimum atomic E-state index is -4.70. The first-order chi connectivity index (χ1) is 18.9. The third-order valence-electron chi connectivity index (χ3n) is 7.28. The molecule has 0 radical (unpaired) electrons. The van der Waals surface area contributed by atoms with Crippen LogP contribution < -0.4 is 5.32 Å². The Balaban J connectivity index is 1.54. The topological polar surface area (TPSA) is 83.2 Å². The fraction of sp³-hybridized carbons (Fsp3) is 0.414. The normalized spacial score (nSPS) is 16.4. The Hall–Kier alpha value is -3.89. The van der Waals surface area contributed by atoms with E-state index in [9.17, 15) is 22.4 Å². The van der Waals surface area contributed by atoms with Crippen LogP contribution in [0.3, 0.4) is 0 Å². The van der Waals surface area contributed by atoms with Gasteiger partial charge in [-0.15, -0.1) is 0 Å². The summed E-state index contributed by atoms with van der Waals surface area (Å²) in [6.45, 7) is 6.12. The maximum absolute atomic E-state index is 14.0. The zero-order valence-electron chi connectivity index (χ0n) is 22.5. The molecule has 1 saturated carbocycles. The van der Waals surface area contributed by atoms with Gasteiger partial charge in [-0.3, -0.25) is 14.9 Å². The molecule has 212 valence electrons. The first-order valence-corrected chi connectivity index (χ1v) is 13.2. The van der Waals surface area contributed by atoms with Crippen LogP contribution in [0, 0.1) is 24.1 Å². The van der Waals surface area contributed by atoms with Crippen LogP contribution in [0.1, 0.15) is 71.5 Å². The Bertz CT molecular complexity index is 1440. The largest absolute Gasteiger partial charge is 0.463 e.